The van der Waals surface area contributed by atoms with E-state index in [0.29, 0.717) is 31.0 Å². The van der Waals surface area contributed by atoms with Crippen molar-refractivity contribution in [3.8, 4) is 0 Å². The summed E-state index contributed by atoms with van der Waals surface area (Å²) in [4.78, 5) is 22.9. The third-order valence-corrected chi connectivity index (χ3v) is 5.19. The minimum Gasteiger partial charge on any atom is -0.447 e. The van der Waals surface area contributed by atoms with Gasteiger partial charge < -0.3 is 9.73 Å². The molecule has 4 rings (SSSR count). The standard InChI is InChI=1S/C26H24F2N4O2/c27-21-10-9-20(23(28)14-21)16-32(15-19-6-2-1-3-7-19)17-25-31-24(18-34-25)26(33)30-13-11-22-8-4-5-12-29-22/h1-10,12,14,18H,11,13,15-17H2,(H,30,33). The second-order valence-electron chi connectivity index (χ2n) is 7.82. The first-order valence-corrected chi connectivity index (χ1v) is 10.9. The fraction of sp³-hybridized carbons (Fsp3) is 0.192. The molecule has 174 valence electrons. The summed E-state index contributed by atoms with van der Waals surface area (Å²) < 4.78 is 33.1. The first-order chi connectivity index (χ1) is 16.6. The molecular weight excluding hydrogens is 438 g/mol. The molecule has 2 heterocycles. The van der Waals surface area contributed by atoms with Crippen molar-refractivity contribution in [2.45, 2.75) is 26.1 Å². The predicted octanol–water partition coefficient (Wildman–Crippen LogP) is 4.52. The summed E-state index contributed by atoms with van der Waals surface area (Å²) in [5.74, 6) is -1.25. The van der Waals surface area contributed by atoms with Gasteiger partial charge in [0.25, 0.3) is 5.91 Å². The van der Waals surface area contributed by atoms with Crippen LogP contribution in [-0.4, -0.2) is 27.3 Å². The maximum atomic E-state index is 14.3. The van der Waals surface area contributed by atoms with E-state index in [1.807, 2.05) is 53.4 Å². The number of carbonyl (C=O) groups excluding carboxylic acids is 1. The summed E-state index contributed by atoms with van der Waals surface area (Å²) in [5, 5.41) is 2.81. The van der Waals surface area contributed by atoms with Crippen molar-refractivity contribution in [2.24, 2.45) is 0 Å². The molecule has 4 aromatic rings. The Hall–Kier alpha value is -3.91. The van der Waals surface area contributed by atoms with Crippen molar-refractivity contribution in [1.29, 1.82) is 0 Å². The summed E-state index contributed by atoms with van der Waals surface area (Å²) in [5.41, 5.74) is 2.43. The van der Waals surface area contributed by atoms with Gasteiger partial charge in [-0.25, -0.2) is 13.8 Å². The molecule has 8 heteroatoms. The molecule has 0 atom stereocenters. The smallest absolute Gasteiger partial charge is 0.273 e. The average molecular weight is 463 g/mol. The van der Waals surface area contributed by atoms with Crippen LogP contribution < -0.4 is 5.32 Å². The molecule has 34 heavy (non-hydrogen) atoms. The fourth-order valence-corrected chi connectivity index (χ4v) is 3.52. The quantitative estimate of drug-likeness (QED) is 0.375. The lowest BCUT2D eigenvalue weighted by Crippen LogP contribution is -2.26. The number of carbonyl (C=O) groups is 1. The highest BCUT2D eigenvalue weighted by molar-refractivity contribution is 5.91. The summed E-state index contributed by atoms with van der Waals surface area (Å²) in [7, 11) is 0. The average Bonchev–Trinajstić information content (AvgIpc) is 3.31. The number of hydrogen-bond donors (Lipinski definition) is 1. The topological polar surface area (TPSA) is 71.3 Å². The molecule has 0 aliphatic heterocycles. The second kappa shape index (κ2) is 11.3. The first-order valence-electron chi connectivity index (χ1n) is 10.9. The van der Waals surface area contributed by atoms with Crippen LogP contribution in [0.4, 0.5) is 8.78 Å². The monoisotopic (exact) mass is 462 g/mol. The lowest BCUT2D eigenvalue weighted by molar-refractivity contribution is 0.0949. The Kier molecular flexibility index (Phi) is 7.72. The summed E-state index contributed by atoms with van der Waals surface area (Å²) in [6.07, 6.45) is 3.62. The third kappa shape index (κ3) is 6.55. The van der Waals surface area contributed by atoms with E-state index < -0.39 is 11.6 Å². The number of benzene rings is 2. The lowest BCUT2D eigenvalue weighted by atomic mass is 10.1. The van der Waals surface area contributed by atoms with Gasteiger partial charge in [0.2, 0.25) is 5.89 Å². The number of nitrogens with one attached hydrogen (secondary N) is 1. The van der Waals surface area contributed by atoms with Crippen molar-refractivity contribution in [3.05, 3.63) is 119 Å². The van der Waals surface area contributed by atoms with Crippen LogP contribution in [0.25, 0.3) is 0 Å². The van der Waals surface area contributed by atoms with E-state index in [1.54, 1.807) is 6.20 Å². The number of nitrogens with zero attached hydrogens (tertiary/aromatic N) is 3. The number of oxazole rings is 1. The normalized spacial score (nSPS) is 11.0. The Morgan fingerprint density at radius 1 is 0.971 bits per heavy atom. The summed E-state index contributed by atoms with van der Waals surface area (Å²) in [6, 6.07) is 18.8. The van der Waals surface area contributed by atoms with Crippen LogP contribution in [0.2, 0.25) is 0 Å². The zero-order chi connectivity index (χ0) is 23.8. The molecular formula is C26H24F2N4O2. The summed E-state index contributed by atoms with van der Waals surface area (Å²) >= 11 is 0. The van der Waals surface area contributed by atoms with Gasteiger partial charge >= 0.3 is 0 Å². The molecule has 0 aliphatic carbocycles. The maximum absolute atomic E-state index is 14.3. The van der Waals surface area contributed by atoms with Crippen LogP contribution in [-0.2, 0) is 26.1 Å². The van der Waals surface area contributed by atoms with E-state index in [0.717, 1.165) is 17.3 Å². The molecule has 6 nitrogen and oxygen atoms in total. The minimum atomic E-state index is -0.623. The highest BCUT2D eigenvalue weighted by Crippen LogP contribution is 2.17. The van der Waals surface area contributed by atoms with Gasteiger partial charge in [-0.2, -0.15) is 0 Å². The van der Waals surface area contributed by atoms with E-state index in [9.17, 15) is 13.6 Å². The van der Waals surface area contributed by atoms with Gasteiger partial charge in [0, 0.05) is 49.6 Å². The van der Waals surface area contributed by atoms with Gasteiger partial charge in [0.05, 0.1) is 6.54 Å². The molecule has 0 fully saturated rings. The second-order valence-corrected chi connectivity index (χ2v) is 7.82. The van der Waals surface area contributed by atoms with Crippen LogP contribution in [0.1, 0.15) is 33.2 Å². The zero-order valence-corrected chi connectivity index (χ0v) is 18.5. The Labute approximate surface area is 196 Å². The number of hydrogen-bond acceptors (Lipinski definition) is 5. The predicted molar refractivity (Wildman–Crippen MR) is 123 cm³/mol. The molecule has 0 saturated carbocycles. The molecule has 2 aromatic heterocycles. The van der Waals surface area contributed by atoms with Crippen LogP contribution in [0.5, 0.6) is 0 Å². The Balaban J connectivity index is 1.41. The van der Waals surface area contributed by atoms with E-state index in [2.05, 4.69) is 15.3 Å². The molecule has 0 spiro atoms. The first kappa shape index (κ1) is 23.3. The number of amides is 1. The van der Waals surface area contributed by atoms with Crippen molar-refractivity contribution < 1.29 is 18.0 Å². The van der Waals surface area contributed by atoms with Gasteiger partial charge in [0.1, 0.15) is 17.9 Å². The summed E-state index contributed by atoms with van der Waals surface area (Å²) in [6.45, 7) is 1.37. The number of pyridine rings is 1. The highest BCUT2D eigenvalue weighted by atomic mass is 19.1. The van der Waals surface area contributed by atoms with Gasteiger partial charge in [-0.05, 0) is 23.8 Å². The van der Waals surface area contributed by atoms with Crippen LogP contribution in [0, 0.1) is 11.6 Å². The van der Waals surface area contributed by atoms with E-state index in [-0.39, 0.29) is 24.7 Å². The molecule has 0 unspecified atom stereocenters. The van der Waals surface area contributed by atoms with Gasteiger partial charge in [0.15, 0.2) is 5.69 Å². The molecule has 0 saturated heterocycles. The third-order valence-electron chi connectivity index (χ3n) is 5.19. The molecule has 1 N–H and O–H groups in total. The lowest BCUT2D eigenvalue weighted by Gasteiger charge is -2.21. The van der Waals surface area contributed by atoms with Crippen LogP contribution in [0.15, 0.2) is 83.6 Å². The van der Waals surface area contributed by atoms with Gasteiger partial charge in [-0.15, -0.1) is 0 Å². The Bertz CT molecular complexity index is 1220. The highest BCUT2D eigenvalue weighted by Gasteiger charge is 2.17. The van der Waals surface area contributed by atoms with E-state index in [1.165, 1.54) is 18.4 Å². The van der Waals surface area contributed by atoms with Crippen molar-refractivity contribution in [3.63, 3.8) is 0 Å². The largest absolute Gasteiger partial charge is 0.447 e. The number of rotatable bonds is 10. The van der Waals surface area contributed by atoms with Crippen molar-refractivity contribution in [2.75, 3.05) is 6.54 Å². The van der Waals surface area contributed by atoms with E-state index >= 15 is 0 Å². The molecule has 0 aliphatic rings. The molecule has 0 radical (unpaired) electrons. The maximum Gasteiger partial charge on any atom is 0.273 e. The minimum absolute atomic E-state index is 0.170. The Morgan fingerprint density at radius 3 is 2.56 bits per heavy atom. The number of aromatic nitrogens is 2. The zero-order valence-electron chi connectivity index (χ0n) is 18.5. The van der Waals surface area contributed by atoms with Crippen molar-refractivity contribution >= 4 is 5.91 Å². The molecule has 2 aromatic carbocycles. The Morgan fingerprint density at radius 2 is 1.79 bits per heavy atom. The fourth-order valence-electron chi connectivity index (χ4n) is 3.52. The van der Waals surface area contributed by atoms with Crippen LogP contribution >= 0.6 is 0 Å². The van der Waals surface area contributed by atoms with Gasteiger partial charge in [-0.3, -0.25) is 14.7 Å². The molecule has 0 bridgehead atoms. The van der Waals surface area contributed by atoms with E-state index in [4.69, 9.17) is 4.42 Å². The molecule has 1 amide bonds. The van der Waals surface area contributed by atoms with Crippen molar-refractivity contribution in [1.82, 2.24) is 20.2 Å². The van der Waals surface area contributed by atoms with Crippen LogP contribution in [0.3, 0.4) is 0 Å². The van der Waals surface area contributed by atoms with Gasteiger partial charge in [-0.1, -0.05) is 42.5 Å². The number of halogens is 2. The SMILES string of the molecule is O=C(NCCc1ccccn1)c1coc(CN(Cc2ccccc2)Cc2ccc(F)cc2F)n1.